The first-order valence-electron chi connectivity index (χ1n) is 8.05. The molecule has 2 rings (SSSR count). The number of anilines is 1. The van der Waals surface area contributed by atoms with E-state index < -0.39 is 12.0 Å². The Balaban J connectivity index is 1.92. The molecule has 0 spiro atoms. The highest BCUT2D eigenvalue weighted by atomic mass is 19.1. The number of carbonyl (C=O) groups excluding carboxylic acids is 1. The van der Waals surface area contributed by atoms with Crippen molar-refractivity contribution in [2.24, 2.45) is 0 Å². The van der Waals surface area contributed by atoms with Crippen molar-refractivity contribution in [3.05, 3.63) is 30.1 Å². The monoisotopic (exact) mass is 337 g/mol. The number of nitrogens with zero attached hydrogens (tertiary/aromatic N) is 3. The molecule has 0 aromatic heterocycles. The second-order valence-electron chi connectivity index (χ2n) is 6.14. The SMILES string of the molecule is C[C@H](C(=O)N(C)[C@@H](C)C(=O)O)N1CCN(c2ccc(F)cc2)CC1. The van der Waals surface area contributed by atoms with Gasteiger partial charge in [0, 0.05) is 38.9 Å². The fraction of sp³-hybridized carbons (Fsp3) is 0.529. The molecule has 1 amide bonds. The smallest absolute Gasteiger partial charge is 0.326 e. The summed E-state index contributed by atoms with van der Waals surface area (Å²) in [5, 5.41) is 9.03. The molecule has 1 fully saturated rings. The van der Waals surface area contributed by atoms with Crippen LogP contribution in [0.2, 0.25) is 0 Å². The van der Waals surface area contributed by atoms with Gasteiger partial charge in [0.15, 0.2) is 0 Å². The van der Waals surface area contributed by atoms with Crippen LogP contribution in [-0.4, -0.2) is 72.1 Å². The Kier molecular flexibility index (Phi) is 5.77. The van der Waals surface area contributed by atoms with Crippen LogP contribution in [0.5, 0.6) is 0 Å². The molecular weight excluding hydrogens is 313 g/mol. The zero-order valence-electron chi connectivity index (χ0n) is 14.3. The summed E-state index contributed by atoms with van der Waals surface area (Å²) in [6.45, 7) is 6.17. The number of likely N-dealkylation sites (N-methyl/N-ethyl adjacent to an activating group) is 1. The van der Waals surface area contributed by atoms with Crippen LogP contribution in [0.1, 0.15) is 13.8 Å². The van der Waals surface area contributed by atoms with Crippen LogP contribution in [0.25, 0.3) is 0 Å². The van der Waals surface area contributed by atoms with E-state index in [0.29, 0.717) is 13.1 Å². The molecule has 1 heterocycles. The minimum absolute atomic E-state index is 0.194. The highest BCUT2D eigenvalue weighted by Crippen LogP contribution is 2.18. The van der Waals surface area contributed by atoms with Gasteiger partial charge in [-0.1, -0.05) is 0 Å². The predicted molar refractivity (Wildman–Crippen MR) is 89.5 cm³/mol. The number of piperazine rings is 1. The van der Waals surface area contributed by atoms with Gasteiger partial charge in [0.05, 0.1) is 6.04 Å². The van der Waals surface area contributed by atoms with Gasteiger partial charge in [0.25, 0.3) is 0 Å². The quantitative estimate of drug-likeness (QED) is 0.877. The second-order valence-corrected chi connectivity index (χ2v) is 6.14. The molecule has 1 aliphatic heterocycles. The summed E-state index contributed by atoms with van der Waals surface area (Å²) in [6.07, 6.45) is 0. The van der Waals surface area contributed by atoms with Crippen LogP contribution >= 0.6 is 0 Å². The number of carboxylic acid groups (broad SMARTS) is 1. The molecule has 0 aliphatic carbocycles. The lowest BCUT2D eigenvalue weighted by Crippen LogP contribution is -2.55. The van der Waals surface area contributed by atoms with Gasteiger partial charge < -0.3 is 14.9 Å². The third-order valence-corrected chi connectivity index (χ3v) is 4.70. The molecule has 24 heavy (non-hydrogen) atoms. The molecule has 0 radical (unpaired) electrons. The summed E-state index contributed by atoms with van der Waals surface area (Å²) in [5.74, 6) is -1.47. The van der Waals surface area contributed by atoms with Gasteiger partial charge in [0.1, 0.15) is 11.9 Å². The van der Waals surface area contributed by atoms with Gasteiger partial charge in [-0.25, -0.2) is 9.18 Å². The van der Waals surface area contributed by atoms with Crippen molar-refractivity contribution in [2.75, 3.05) is 38.1 Å². The minimum Gasteiger partial charge on any atom is -0.480 e. The maximum Gasteiger partial charge on any atom is 0.326 e. The third kappa shape index (κ3) is 4.03. The van der Waals surface area contributed by atoms with Crippen molar-refractivity contribution < 1.29 is 19.1 Å². The van der Waals surface area contributed by atoms with E-state index in [4.69, 9.17) is 5.11 Å². The topological polar surface area (TPSA) is 64.1 Å². The molecule has 1 saturated heterocycles. The Bertz CT molecular complexity index is 585. The number of hydrogen-bond acceptors (Lipinski definition) is 4. The fourth-order valence-corrected chi connectivity index (χ4v) is 2.83. The van der Waals surface area contributed by atoms with Crippen molar-refractivity contribution in [2.45, 2.75) is 25.9 Å². The van der Waals surface area contributed by atoms with Crippen molar-refractivity contribution in [1.82, 2.24) is 9.80 Å². The molecule has 0 bridgehead atoms. The summed E-state index contributed by atoms with van der Waals surface area (Å²) in [5.41, 5.74) is 0.964. The van der Waals surface area contributed by atoms with Crippen LogP contribution in [0, 0.1) is 5.82 Å². The standard InChI is InChI=1S/C17H24FN3O3/c1-12(16(22)19(3)13(2)17(23)24)20-8-10-21(11-9-20)15-6-4-14(18)5-7-15/h4-7,12-13H,8-11H2,1-3H3,(H,23,24)/t12-,13+/m1/s1. The summed E-state index contributed by atoms with van der Waals surface area (Å²) < 4.78 is 13.0. The number of carboxylic acids is 1. The fourth-order valence-electron chi connectivity index (χ4n) is 2.83. The van der Waals surface area contributed by atoms with Crippen LogP contribution in [0.4, 0.5) is 10.1 Å². The molecule has 1 aromatic rings. The Morgan fingerprint density at radius 2 is 1.67 bits per heavy atom. The number of halogens is 1. The van der Waals surface area contributed by atoms with Gasteiger partial charge in [-0.05, 0) is 38.1 Å². The van der Waals surface area contributed by atoms with E-state index in [2.05, 4.69) is 4.90 Å². The zero-order valence-corrected chi connectivity index (χ0v) is 14.3. The lowest BCUT2D eigenvalue weighted by molar-refractivity contribution is -0.150. The zero-order chi connectivity index (χ0) is 17.9. The molecule has 0 saturated carbocycles. The number of benzene rings is 1. The van der Waals surface area contributed by atoms with E-state index in [1.54, 1.807) is 19.1 Å². The van der Waals surface area contributed by atoms with E-state index >= 15 is 0 Å². The average molecular weight is 337 g/mol. The van der Waals surface area contributed by atoms with Gasteiger partial charge >= 0.3 is 5.97 Å². The predicted octanol–water partition coefficient (Wildman–Crippen LogP) is 1.27. The van der Waals surface area contributed by atoms with E-state index in [1.165, 1.54) is 31.0 Å². The van der Waals surface area contributed by atoms with Crippen LogP contribution < -0.4 is 4.90 Å². The molecule has 132 valence electrons. The largest absolute Gasteiger partial charge is 0.480 e. The Morgan fingerprint density at radius 1 is 1.12 bits per heavy atom. The lowest BCUT2D eigenvalue weighted by Gasteiger charge is -2.39. The number of hydrogen-bond donors (Lipinski definition) is 1. The molecular formula is C17H24FN3O3. The van der Waals surface area contributed by atoms with E-state index in [9.17, 15) is 14.0 Å². The van der Waals surface area contributed by atoms with Gasteiger partial charge in [0.2, 0.25) is 5.91 Å². The van der Waals surface area contributed by atoms with Gasteiger partial charge in [-0.2, -0.15) is 0 Å². The van der Waals surface area contributed by atoms with Crippen LogP contribution in [-0.2, 0) is 9.59 Å². The lowest BCUT2D eigenvalue weighted by atomic mass is 10.1. The molecule has 0 unspecified atom stereocenters. The summed E-state index contributed by atoms with van der Waals surface area (Å²) in [7, 11) is 1.52. The van der Waals surface area contributed by atoms with Gasteiger partial charge in [-0.3, -0.25) is 9.69 Å². The van der Waals surface area contributed by atoms with E-state index in [0.717, 1.165) is 18.8 Å². The summed E-state index contributed by atoms with van der Waals surface area (Å²) in [4.78, 5) is 28.9. The highest BCUT2D eigenvalue weighted by molar-refractivity contribution is 5.86. The van der Waals surface area contributed by atoms with Crippen molar-refractivity contribution in [3.63, 3.8) is 0 Å². The Hall–Kier alpha value is -2.15. The molecule has 2 atom stereocenters. The Labute approximate surface area is 141 Å². The number of amides is 1. The second kappa shape index (κ2) is 7.61. The summed E-state index contributed by atoms with van der Waals surface area (Å²) >= 11 is 0. The third-order valence-electron chi connectivity index (χ3n) is 4.70. The van der Waals surface area contributed by atoms with Crippen molar-refractivity contribution in [1.29, 1.82) is 0 Å². The van der Waals surface area contributed by atoms with Crippen LogP contribution in [0.3, 0.4) is 0 Å². The number of rotatable bonds is 5. The first-order chi connectivity index (χ1) is 11.3. The molecule has 1 N–H and O–H groups in total. The van der Waals surface area contributed by atoms with Gasteiger partial charge in [-0.15, -0.1) is 0 Å². The van der Waals surface area contributed by atoms with Crippen molar-refractivity contribution in [3.8, 4) is 0 Å². The highest BCUT2D eigenvalue weighted by Gasteiger charge is 2.31. The molecule has 7 heteroatoms. The Morgan fingerprint density at radius 3 is 2.17 bits per heavy atom. The molecule has 6 nitrogen and oxygen atoms in total. The number of aliphatic carboxylic acids is 1. The first-order valence-corrected chi connectivity index (χ1v) is 8.05. The summed E-state index contributed by atoms with van der Waals surface area (Å²) in [6, 6.07) is 5.17. The van der Waals surface area contributed by atoms with E-state index in [1.807, 2.05) is 4.90 Å². The van der Waals surface area contributed by atoms with E-state index in [-0.39, 0.29) is 17.8 Å². The molecule has 1 aromatic carbocycles. The maximum atomic E-state index is 13.0. The molecule has 1 aliphatic rings. The first kappa shape index (κ1) is 18.2. The van der Waals surface area contributed by atoms with Crippen molar-refractivity contribution >= 4 is 17.6 Å². The normalized spacial score (nSPS) is 18.1. The maximum absolute atomic E-state index is 13.0. The van der Waals surface area contributed by atoms with Crippen LogP contribution in [0.15, 0.2) is 24.3 Å². The minimum atomic E-state index is -1.01. The average Bonchev–Trinajstić information content (AvgIpc) is 2.60. The number of carbonyl (C=O) groups is 2.